The number of nitro groups is 1. The molecule has 4 rings (SSSR count). The molecule has 1 saturated heterocycles. The van der Waals surface area contributed by atoms with Gasteiger partial charge in [-0.25, -0.2) is 13.8 Å². The number of nitrogens with one attached hydrogen (secondary N) is 1. The number of hydrogen-bond donors (Lipinski definition) is 1. The van der Waals surface area contributed by atoms with E-state index >= 15 is 0 Å². The summed E-state index contributed by atoms with van der Waals surface area (Å²) in [6.07, 6.45) is 0. The fraction of sp³-hybridized carbons (Fsp3) is 0.200. The first-order valence-corrected chi connectivity index (χ1v) is 10.1. The van der Waals surface area contributed by atoms with Gasteiger partial charge in [0.1, 0.15) is 17.3 Å². The molecule has 0 aliphatic carbocycles. The lowest BCUT2D eigenvalue weighted by Gasteiger charge is -2.28. The van der Waals surface area contributed by atoms with E-state index in [9.17, 15) is 23.7 Å². The molecule has 3 aromatic rings. The summed E-state index contributed by atoms with van der Waals surface area (Å²) in [6.45, 7) is 1.98. The second kappa shape index (κ2) is 8.74. The van der Waals surface area contributed by atoms with E-state index in [1.807, 2.05) is 4.90 Å². The number of amides is 1. The van der Waals surface area contributed by atoms with Crippen molar-refractivity contribution in [3.8, 4) is 11.3 Å². The van der Waals surface area contributed by atoms with E-state index in [0.29, 0.717) is 32.0 Å². The number of hydrogen-bond acceptors (Lipinski definition) is 7. The highest BCUT2D eigenvalue weighted by molar-refractivity contribution is 7.14. The van der Waals surface area contributed by atoms with Crippen LogP contribution >= 0.6 is 11.3 Å². The fourth-order valence-corrected chi connectivity index (χ4v) is 3.91. The van der Waals surface area contributed by atoms with Crippen LogP contribution in [0.1, 0.15) is 10.4 Å². The number of rotatable bonds is 5. The molecule has 2 aromatic carbocycles. The van der Waals surface area contributed by atoms with Crippen molar-refractivity contribution < 1.29 is 23.2 Å². The third kappa shape index (κ3) is 4.52. The van der Waals surface area contributed by atoms with Gasteiger partial charge in [0.05, 0.1) is 23.8 Å². The summed E-state index contributed by atoms with van der Waals surface area (Å²) >= 11 is 1.03. The molecular weight excluding hydrogens is 430 g/mol. The lowest BCUT2D eigenvalue weighted by atomic mass is 10.1. The Hall–Kier alpha value is -3.44. The molecule has 0 spiro atoms. The predicted molar refractivity (Wildman–Crippen MR) is 112 cm³/mol. The number of benzene rings is 2. The second-order valence-electron chi connectivity index (χ2n) is 6.68. The van der Waals surface area contributed by atoms with Crippen molar-refractivity contribution in [3.05, 3.63) is 69.1 Å². The first-order valence-electron chi connectivity index (χ1n) is 9.26. The van der Waals surface area contributed by atoms with E-state index in [1.165, 1.54) is 23.6 Å². The molecule has 160 valence electrons. The first kappa shape index (κ1) is 20.8. The molecule has 0 saturated carbocycles. The van der Waals surface area contributed by atoms with Gasteiger partial charge in [-0.1, -0.05) is 0 Å². The topological polar surface area (TPSA) is 97.6 Å². The number of halogens is 2. The van der Waals surface area contributed by atoms with Crippen LogP contribution in [0.4, 0.5) is 25.3 Å². The molecule has 0 bridgehead atoms. The lowest BCUT2D eigenvalue weighted by Crippen LogP contribution is -2.36. The molecule has 11 heteroatoms. The van der Waals surface area contributed by atoms with Crippen molar-refractivity contribution >= 4 is 33.8 Å². The third-order valence-electron chi connectivity index (χ3n) is 4.72. The second-order valence-corrected chi connectivity index (χ2v) is 7.53. The summed E-state index contributed by atoms with van der Waals surface area (Å²) in [7, 11) is 0. The van der Waals surface area contributed by atoms with Crippen molar-refractivity contribution in [3.63, 3.8) is 0 Å². The number of ether oxygens (including phenoxy) is 1. The van der Waals surface area contributed by atoms with Gasteiger partial charge in [0, 0.05) is 35.7 Å². The number of morpholine rings is 1. The minimum Gasteiger partial charge on any atom is -0.378 e. The van der Waals surface area contributed by atoms with Crippen molar-refractivity contribution in [2.24, 2.45) is 0 Å². The van der Waals surface area contributed by atoms with Crippen molar-refractivity contribution in [1.82, 2.24) is 4.98 Å². The summed E-state index contributed by atoms with van der Waals surface area (Å²) in [5.41, 5.74) is 0.463. The first-order chi connectivity index (χ1) is 14.9. The number of thiazole rings is 1. The van der Waals surface area contributed by atoms with E-state index < -0.39 is 22.5 Å². The molecular formula is C20H16F2N4O4S. The highest BCUT2D eigenvalue weighted by Gasteiger charge is 2.23. The molecule has 1 aliphatic rings. The normalized spacial score (nSPS) is 13.8. The molecule has 1 fully saturated rings. The molecule has 1 amide bonds. The van der Waals surface area contributed by atoms with Gasteiger partial charge in [-0.3, -0.25) is 20.2 Å². The standard InChI is InChI=1S/C20H16F2N4O4S/c21-13-2-3-15(22)14(10-13)16-11-31-20(23-16)24-19(27)12-1-4-17(18(9-12)26(28)29)25-5-7-30-8-6-25/h1-4,9-11H,5-8H2,(H,23,24,27). The zero-order valence-electron chi connectivity index (χ0n) is 16.0. The maximum Gasteiger partial charge on any atom is 0.293 e. The molecule has 0 atom stereocenters. The van der Waals surface area contributed by atoms with E-state index in [2.05, 4.69) is 10.3 Å². The highest BCUT2D eigenvalue weighted by Crippen LogP contribution is 2.31. The lowest BCUT2D eigenvalue weighted by molar-refractivity contribution is -0.384. The third-order valence-corrected chi connectivity index (χ3v) is 5.47. The van der Waals surface area contributed by atoms with Crippen LogP contribution in [-0.2, 0) is 4.74 Å². The predicted octanol–water partition coefficient (Wildman–Crippen LogP) is 4.09. The number of carbonyl (C=O) groups excluding carboxylic acids is 1. The summed E-state index contributed by atoms with van der Waals surface area (Å²) in [6, 6.07) is 7.26. The number of carbonyl (C=O) groups is 1. The van der Waals surface area contributed by atoms with Crippen LogP contribution in [0.2, 0.25) is 0 Å². The van der Waals surface area contributed by atoms with Crippen LogP contribution in [-0.4, -0.2) is 42.1 Å². The molecule has 2 heterocycles. The summed E-state index contributed by atoms with van der Waals surface area (Å²) in [5.74, 6) is -1.85. The summed E-state index contributed by atoms with van der Waals surface area (Å²) < 4.78 is 32.6. The van der Waals surface area contributed by atoms with Gasteiger partial charge >= 0.3 is 0 Å². The maximum atomic E-state index is 13.9. The molecule has 31 heavy (non-hydrogen) atoms. The Morgan fingerprint density at radius 1 is 1.19 bits per heavy atom. The van der Waals surface area contributed by atoms with Gasteiger partial charge < -0.3 is 9.64 Å². The van der Waals surface area contributed by atoms with Crippen molar-refractivity contribution in [2.75, 3.05) is 36.5 Å². The Bertz CT molecular complexity index is 1150. The average molecular weight is 446 g/mol. The van der Waals surface area contributed by atoms with Crippen LogP contribution in [0.3, 0.4) is 0 Å². The fourth-order valence-electron chi connectivity index (χ4n) is 3.20. The molecule has 0 unspecified atom stereocenters. The Kier molecular flexibility index (Phi) is 5.87. The maximum absolute atomic E-state index is 13.9. The monoisotopic (exact) mass is 446 g/mol. The van der Waals surface area contributed by atoms with Gasteiger partial charge in [0.15, 0.2) is 5.13 Å². The Morgan fingerprint density at radius 2 is 1.97 bits per heavy atom. The number of aromatic nitrogens is 1. The molecule has 1 aliphatic heterocycles. The molecule has 8 nitrogen and oxygen atoms in total. The molecule has 0 radical (unpaired) electrons. The van der Waals surface area contributed by atoms with Gasteiger partial charge in [-0.15, -0.1) is 11.3 Å². The minimum absolute atomic E-state index is 0.0257. The van der Waals surface area contributed by atoms with E-state index in [0.717, 1.165) is 29.5 Å². The van der Waals surface area contributed by atoms with Gasteiger partial charge in [0.25, 0.3) is 11.6 Å². The number of nitrogens with zero attached hydrogens (tertiary/aromatic N) is 3. The van der Waals surface area contributed by atoms with E-state index in [-0.39, 0.29) is 27.6 Å². The SMILES string of the molecule is O=C(Nc1nc(-c2cc(F)ccc2F)cs1)c1ccc(N2CCOCC2)c([N+](=O)[O-])c1. The Balaban J connectivity index is 1.55. The van der Waals surface area contributed by atoms with E-state index in [1.54, 1.807) is 0 Å². The van der Waals surface area contributed by atoms with Gasteiger partial charge in [-0.2, -0.15) is 0 Å². The van der Waals surface area contributed by atoms with Crippen LogP contribution in [0, 0.1) is 21.7 Å². The Labute approximate surface area is 179 Å². The summed E-state index contributed by atoms with van der Waals surface area (Å²) in [5, 5.41) is 15.7. The Morgan fingerprint density at radius 3 is 2.71 bits per heavy atom. The zero-order chi connectivity index (χ0) is 22.0. The van der Waals surface area contributed by atoms with E-state index in [4.69, 9.17) is 4.74 Å². The zero-order valence-corrected chi connectivity index (χ0v) is 16.8. The number of nitro benzene ring substituents is 1. The van der Waals surface area contributed by atoms with Crippen LogP contribution in [0.25, 0.3) is 11.3 Å². The van der Waals surface area contributed by atoms with Crippen molar-refractivity contribution in [2.45, 2.75) is 0 Å². The highest BCUT2D eigenvalue weighted by atomic mass is 32.1. The largest absolute Gasteiger partial charge is 0.378 e. The van der Waals surface area contributed by atoms with Crippen LogP contribution < -0.4 is 10.2 Å². The smallest absolute Gasteiger partial charge is 0.293 e. The van der Waals surface area contributed by atoms with Crippen LogP contribution in [0.15, 0.2) is 41.8 Å². The van der Waals surface area contributed by atoms with Crippen molar-refractivity contribution in [1.29, 1.82) is 0 Å². The average Bonchev–Trinajstić information content (AvgIpc) is 3.23. The molecule has 1 N–H and O–H groups in total. The summed E-state index contributed by atoms with van der Waals surface area (Å²) in [4.78, 5) is 29.6. The molecule has 1 aromatic heterocycles. The van der Waals surface area contributed by atoms with Crippen LogP contribution in [0.5, 0.6) is 0 Å². The minimum atomic E-state index is -0.640. The van der Waals surface area contributed by atoms with Gasteiger partial charge in [-0.05, 0) is 30.3 Å². The number of anilines is 2. The quantitative estimate of drug-likeness (QED) is 0.468. The van der Waals surface area contributed by atoms with Gasteiger partial charge in [0.2, 0.25) is 0 Å².